The maximum atomic E-state index is 12.0. The number of hydrogen-bond donors (Lipinski definition) is 1. The van der Waals surface area contributed by atoms with E-state index in [1.54, 1.807) is 60.7 Å². The molecule has 10 heteroatoms. The Balaban J connectivity index is 0.000000221. The van der Waals surface area contributed by atoms with Crippen LogP contribution in [0.3, 0.4) is 0 Å². The van der Waals surface area contributed by atoms with Crippen molar-refractivity contribution in [3.05, 3.63) is 95.8 Å². The summed E-state index contributed by atoms with van der Waals surface area (Å²) >= 11 is 0. The third-order valence-corrected chi connectivity index (χ3v) is 3.87. The standard InChI is InChI=1S/C12H11O4P.C6HF5/c13-17(14,15-11-7-3-1-4-8-11)16-12-9-5-2-6-10-12;7-2-1-3(8)5(10)6(11)4(2)9/h1-10H,(H,13,14);1H. The molecule has 0 saturated carbocycles. The summed E-state index contributed by atoms with van der Waals surface area (Å²) in [6, 6.07) is 16.7. The van der Waals surface area contributed by atoms with E-state index in [1.165, 1.54) is 0 Å². The van der Waals surface area contributed by atoms with Gasteiger partial charge in [0.25, 0.3) is 0 Å². The zero-order valence-corrected chi connectivity index (χ0v) is 14.8. The van der Waals surface area contributed by atoms with Gasteiger partial charge in [-0.3, -0.25) is 4.89 Å². The highest BCUT2D eigenvalue weighted by molar-refractivity contribution is 7.48. The molecule has 3 aromatic rings. The first-order valence-corrected chi connectivity index (χ1v) is 9.00. The summed E-state index contributed by atoms with van der Waals surface area (Å²) in [7, 11) is -4.14. The molecule has 0 spiro atoms. The average Bonchev–Trinajstić information content (AvgIpc) is 2.66. The predicted octanol–water partition coefficient (Wildman–Crippen LogP) is 5.63. The van der Waals surface area contributed by atoms with E-state index in [0.717, 1.165) is 0 Å². The van der Waals surface area contributed by atoms with Crippen molar-refractivity contribution in [1.29, 1.82) is 0 Å². The lowest BCUT2D eigenvalue weighted by atomic mass is 10.3. The van der Waals surface area contributed by atoms with Crippen molar-refractivity contribution in [3.8, 4) is 11.5 Å². The highest BCUT2D eigenvalue weighted by Crippen LogP contribution is 2.44. The van der Waals surface area contributed by atoms with Crippen LogP contribution in [-0.4, -0.2) is 4.89 Å². The largest absolute Gasteiger partial charge is 0.584 e. The van der Waals surface area contributed by atoms with E-state index in [-0.39, 0.29) is 17.6 Å². The lowest BCUT2D eigenvalue weighted by Gasteiger charge is -2.13. The van der Waals surface area contributed by atoms with Gasteiger partial charge < -0.3 is 9.05 Å². The summed E-state index contributed by atoms with van der Waals surface area (Å²) < 4.78 is 81.5. The summed E-state index contributed by atoms with van der Waals surface area (Å²) in [5, 5.41) is 0. The van der Waals surface area contributed by atoms with Crippen molar-refractivity contribution >= 4 is 7.82 Å². The van der Waals surface area contributed by atoms with Crippen molar-refractivity contribution in [2.24, 2.45) is 0 Å². The Morgan fingerprint density at radius 2 is 1.00 bits per heavy atom. The molecule has 1 N–H and O–H groups in total. The van der Waals surface area contributed by atoms with E-state index >= 15 is 0 Å². The van der Waals surface area contributed by atoms with Crippen LogP contribution in [0.4, 0.5) is 22.0 Å². The average molecular weight is 418 g/mol. The van der Waals surface area contributed by atoms with Crippen molar-refractivity contribution in [1.82, 2.24) is 0 Å². The second kappa shape index (κ2) is 9.34. The Bertz CT molecular complexity index is 899. The first-order chi connectivity index (χ1) is 13.2. The third kappa shape index (κ3) is 6.07. The SMILES string of the molecule is Fc1cc(F)c(F)c(F)c1F.O=P(O)(Oc1ccccc1)Oc1ccccc1. The Hall–Kier alpha value is -2.90. The van der Waals surface area contributed by atoms with Crippen LogP contribution in [0.1, 0.15) is 0 Å². The van der Waals surface area contributed by atoms with Crippen molar-refractivity contribution in [2.45, 2.75) is 0 Å². The lowest BCUT2D eigenvalue weighted by Crippen LogP contribution is -1.99. The molecule has 0 aliphatic carbocycles. The zero-order chi connectivity index (χ0) is 20.7. The molecule has 0 aliphatic rings. The maximum absolute atomic E-state index is 12.0. The molecule has 28 heavy (non-hydrogen) atoms. The lowest BCUT2D eigenvalue weighted by molar-refractivity contribution is 0.291. The van der Waals surface area contributed by atoms with Gasteiger partial charge in [0.1, 0.15) is 11.5 Å². The number of phosphoric acid groups is 1. The number of rotatable bonds is 4. The highest BCUT2D eigenvalue weighted by Gasteiger charge is 2.24. The summed E-state index contributed by atoms with van der Waals surface area (Å²) in [4.78, 5) is 9.53. The molecule has 0 amide bonds. The first-order valence-electron chi connectivity index (χ1n) is 7.50. The van der Waals surface area contributed by atoms with Gasteiger partial charge in [-0.25, -0.2) is 26.5 Å². The maximum Gasteiger partial charge on any atom is 0.584 e. The summed E-state index contributed by atoms with van der Waals surface area (Å²) in [5.41, 5.74) is 0. The molecule has 0 bridgehead atoms. The van der Waals surface area contributed by atoms with Crippen molar-refractivity contribution < 1.29 is 40.5 Å². The van der Waals surface area contributed by atoms with Crippen LogP contribution >= 0.6 is 7.82 Å². The van der Waals surface area contributed by atoms with Crippen LogP contribution in [0.25, 0.3) is 0 Å². The fraction of sp³-hybridized carbons (Fsp3) is 0. The van der Waals surface area contributed by atoms with Gasteiger partial charge in [-0.05, 0) is 24.3 Å². The summed E-state index contributed by atoms with van der Waals surface area (Å²) in [6.45, 7) is 0. The summed E-state index contributed by atoms with van der Waals surface area (Å²) in [6.07, 6.45) is 0. The Morgan fingerprint density at radius 3 is 1.36 bits per heavy atom. The summed E-state index contributed by atoms with van der Waals surface area (Å²) in [5.74, 6) is -9.08. The first kappa shape index (κ1) is 21.4. The monoisotopic (exact) mass is 418 g/mol. The Morgan fingerprint density at radius 1 is 0.643 bits per heavy atom. The third-order valence-electron chi connectivity index (χ3n) is 2.99. The van der Waals surface area contributed by atoms with Crippen LogP contribution in [0.5, 0.6) is 11.5 Å². The van der Waals surface area contributed by atoms with Gasteiger partial charge in [0.05, 0.1) is 0 Å². The van der Waals surface area contributed by atoms with E-state index in [1.807, 2.05) is 0 Å². The van der Waals surface area contributed by atoms with Crippen LogP contribution in [0.2, 0.25) is 0 Å². The van der Waals surface area contributed by atoms with E-state index in [2.05, 4.69) is 0 Å². The second-order valence-corrected chi connectivity index (χ2v) is 6.36. The topological polar surface area (TPSA) is 55.8 Å². The van der Waals surface area contributed by atoms with Crippen molar-refractivity contribution in [3.63, 3.8) is 0 Å². The van der Waals surface area contributed by atoms with Gasteiger partial charge in [-0.15, -0.1) is 0 Å². The molecule has 148 valence electrons. The fourth-order valence-corrected chi connectivity index (χ4v) is 2.61. The Labute approximate surface area is 156 Å². The van der Waals surface area contributed by atoms with Gasteiger partial charge in [0.15, 0.2) is 23.3 Å². The number of para-hydroxylation sites is 2. The Kier molecular flexibility index (Phi) is 7.14. The molecular weight excluding hydrogens is 406 g/mol. The molecule has 0 saturated heterocycles. The molecule has 0 aromatic heterocycles. The van der Waals surface area contributed by atoms with E-state index in [0.29, 0.717) is 0 Å². The molecule has 0 radical (unpaired) electrons. The molecular formula is C18H12F5O4P. The second-order valence-electron chi connectivity index (χ2n) is 5.06. The molecule has 3 rings (SSSR count). The van der Waals surface area contributed by atoms with Gasteiger partial charge in [0.2, 0.25) is 5.82 Å². The number of halogens is 5. The molecule has 0 aliphatic heterocycles. The van der Waals surface area contributed by atoms with E-state index in [9.17, 15) is 31.4 Å². The normalized spacial score (nSPS) is 10.6. The van der Waals surface area contributed by atoms with E-state index in [4.69, 9.17) is 9.05 Å². The number of phosphoric ester groups is 1. The minimum atomic E-state index is -4.14. The quantitative estimate of drug-likeness (QED) is 0.258. The number of hydrogen-bond acceptors (Lipinski definition) is 3. The predicted molar refractivity (Wildman–Crippen MR) is 90.2 cm³/mol. The zero-order valence-electron chi connectivity index (χ0n) is 13.9. The van der Waals surface area contributed by atoms with Crippen LogP contribution < -0.4 is 9.05 Å². The van der Waals surface area contributed by atoms with Crippen molar-refractivity contribution in [2.75, 3.05) is 0 Å². The van der Waals surface area contributed by atoms with Crippen LogP contribution in [-0.2, 0) is 4.57 Å². The fourth-order valence-electron chi connectivity index (χ4n) is 1.79. The molecule has 4 nitrogen and oxygen atoms in total. The molecule has 0 atom stereocenters. The van der Waals surface area contributed by atoms with Crippen LogP contribution in [0.15, 0.2) is 66.7 Å². The van der Waals surface area contributed by atoms with Gasteiger partial charge in [0, 0.05) is 6.07 Å². The molecule has 3 aromatic carbocycles. The van der Waals surface area contributed by atoms with E-state index < -0.39 is 36.9 Å². The minimum Gasteiger partial charge on any atom is -0.395 e. The number of benzene rings is 3. The molecule has 0 fully saturated rings. The smallest absolute Gasteiger partial charge is 0.395 e. The van der Waals surface area contributed by atoms with Gasteiger partial charge in [-0.1, -0.05) is 36.4 Å². The molecule has 0 unspecified atom stereocenters. The minimum absolute atomic E-state index is 0.0618. The molecule has 0 heterocycles. The van der Waals surface area contributed by atoms with Gasteiger partial charge >= 0.3 is 7.82 Å². The van der Waals surface area contributed by atoms with Crippen LogP contribution in [0, 0.1) is 29.1 Å². The highest BCUT2D eigenvalue weighted by atomic mass is 31.2. The van der Waals surface area contributed by atoms with Gasteiger partial charge in [-0.2, -0.15) is 0 Å².